The van der Waals surface area contributed by atoms with Crippen molar-refractivity contribution >= 4 is 8.07 Å². The second-order valence-electron chi connectivity index (χ2n) is 4.50. The number of hydrogen-bond donors (Lipinski definition) is 0. The molecule has 0 aromatic carbocycles. The lowest BCUT2D eigenvalue weighted by Gasteiger charge is -2.27. The van der Waals surface area contributed by atoms with Crippen LogP contribution in [-0.4, -0.2) is 27.1 Å². The van der Waals surface area contributed by atoms with Crippen LogP contribution >= 0.6 is 0 Å². The second kappa shape index (κ2) is 7.10. The number of hydrogen-bond acceptors (Lipinski definition) is 1. The van der Waals surface area contributed by atoms with E-state index in [9.17, 15) is 0 Å². The topological polar surface area (TPSA) is 3.24 Å². The maximum Gasteiger partial charge on any atom is 0.0794 e. The molecule has 0 rings (SSSR count). The molecule has 0 atom stereocenters. The average molecular weight is 213 g/mol. The summed E-state index contributed by atoms with van der Waals surface area (Å²) in [5.41, 5.74) is 2.56. The Balaban J connectivity index is 4.47. The Morgan fingerprint density at radius 1 is 1.00 bits per heavy atom. The highest BCUT2D eigenvalue weighted by atomic mass is 28.3. The second-order valence-corrected chi connectivity index (χ2v) is 9.26. The first kappa shape index (κ1) is 13.8. The number of nitrogens with zero attached hydrogens (tertiary/aromatic N) is 1. The van der Waals surface area contributed by atoms with Gasteiger partial charge >= 0.3 is 0 Å². The molecule has 0 saturated carbocycles. The van der Waals surface area contributed by atoms with E-state index < -0.39 is 8.07 Å². The molecule has 0 aliphatic rings. The molecule has 2 heteroatoms. The van der Waals surface area contributed by atoms with Gasteiger partial charge in [0.05, 0.1) is 8.07 Å². The van der Waals surface area contributed by atoms with Crippen molar-refractivity contribution in [2.45, 2.75) is 51.7 Å². The number of rotatable bonds is 7. The van der Waals surface area contributed by atoms with E-state index in [4.69, 9.17) is 0 Å². The molecule has 0 unspecified atom stereocenters. The normalized spacial score (nSPS) is 12.4. The van der Waals surface area contributed by atoms with Crippen LogP contribution in [0.5, 0.6) is 0 Å². The van der Waals surface area contributed by atoms with Crippen molar-refractivity contribution in [3.63, 3.8) is 0 Å². The van der Waals surface area contributed by atoms with Crippen LogP contribution in [0.3, 0.4) is 0 Å². The summed E-state index contributed by atoms with van der Waals surface area (Å²) in [4.78, 5) is 2.17. The van der Waals surface area contributed by atoms with Gasteiger partial charge in [0.1, 0.15) is 0 Å². The van der Waals surface area contributed by atoms with Crippen molar-refractivity contribution in [3.8, 4) is 0 Å². The SMILES string of the molecule is CCC[Si](C=CN(C)C)(CC)CCC. The quantitative estimate of drug-likeness (QED) is 0.580. The van der Waals surface area contributed by atoms with Gasteiger partial charge in [-0.05, 0) is 6.20 Å². The zero-order valence-corrected chi connectivity index (χ0v) is 11.6. The van der Waals surface area contributed by atoms with Crippen molar-refractivity contribution in [3.05, 3.63) is 11.9 Å². The molecule has 1 nitrogen and oxygen atoms in total. The molecule has 0 aromatic rings. The minimum Gasteiger partial charge on any atom is -0.384 e. The van der Waals surface area contributed by atoms with Crippen LogP contribution in [0, 0.1) is 0 Å². The van der Waals surface area contributed by atoms with Gasteiger partial charge in [-0.2, -0.15) is 0 Å². The molecule has 84 valence electrons. The summed E-state index contributed by atoms with van der Waals surface area (Å²) in [6, 6.07) is 4.32. The highest BCUT2D eigenvalue weighted by Gasteiger charge is 2.25. The van der Waals surface area contributed by atoms with Crippen LogP contribution in [0.2, 0.25) is 18.1 Å². The fourth-order valence-corrected chi connectivity index (χ4v) is 6.20. The summed E-state index contributed by atoms with van der Waals surface area (Å²) in [6.07, 6.45) is 4.97. The molecule has 0 spiro atoms. The lowest BCUT2D eigenvalue weighted by atomic mass is 10.6. The van der Waals surface area contributed by atoms with Crippen molar-refractivity contribution in [1.29, 1.82) is 0 Å². The van der Waals surface area contributed by atoms with Crippen molar-refractivity contribution in [2.75, 3.05) is 14.1 Å². The van der Waals surface area contributed by atoms with Gasteiger partial charge in [-0.3, -0.25) is 0 Å². The lowest BCUT2D eigenvalue weighted by Crippen LogP contribution is -2.31. The standard InChI is InChI=1S/C12H27NSi/c1-6-10-14(8-3,11-7-2)12-9-13(4)5/h9,12H,6-8,10-11H2,1-5H3. The Labute approximate surface area is 91.2 Å². The van der Waals surface area contributed by atoms with E-state index in [0.29, 0.717) is 0 Å². The summed E-state index contributed by atoms with van der Waals surface area (Å²) in [5.74, 6) is 0. The largest absolute Gasteiger partial charge is 0.384 e. The lowest BCUT2D eigenvalue weighted by molar-refractivity contribution is 0.564. The van der Waals surface area contributed by atoms with E-state index in [0.717, 1.165) is 0 Å². The maximum atomic E-state index is 2.56. The van der Waals surface area contributed by atoms with E-state index in [1.165, 1.54) is 31.0 Å². The first-order valence-corrected chi connectivity index (χ1v) is 8.66. The predicted octanol–water partition coefficient (Wildman–Crippen LogP) is 3.89. The fraction of sp³-hybridized carbons (Fsp3) is 0.833. The van der Waals surface area contributed by atoms with Crippen molar-refractivity contribution in [2.24, 2.45) is 0 Å². The minimum absolute atomic E-state index is 1.05. The molecule has 0 amide bonds. The van der Waals surface area contributed by atoms with E-state index in [1.54, 1.807) is 0 Å². The zero-order valence-electron chi connectivity index (χ0n) is 10.6. The third kappa shape index (κ3) is 4.84. The fourth-order valence-electron chi connectivity index (χ4n) is 2.07. The first-order valence-electron chi connectivity index (χ1n) is 5.96. The zero-order chi connectivity index (χ0) is 11.0. The molecular weight excluding hydrogens is 186 g/mol. The van der Waals surface area contributed by atoms with Gasteiger partial charge in [0, 0.05) is 14.1 Å². The molecule has 0 fully saturated rings. The van der Waals surface area contributed by atoms with Crippen LogP contribution in [0.4, 0.5) is 0 Å². The molecule has 0 saturated heterocycles. The molecule has 0 heterocycles. The van der Waals surface area contributed by atoms with Crippen molar-refractivity contribution < 1.29 is 0 Å². The summed E-state index contributed by atoms with van der Waals surface area (Å²) < 4.78 is 0. The molecule has 0 aliphatic carbocycles. The van der Waals surface area contributed by atoms with Gasteiger partial charge < -0.3 is 4.90 Å². The van der Waals surface area contributed by atoms with Gasteiger partial charge in [-0.15, -0.1) is 0 Å². The third-order valence-corrected chi connectivity index (χ3v) is 8.18. The van der Waals surface area contributed by atoms with E-state index in [2.05, 4.69) is 51.7 Å². The molecule has 0 N–H and O–H groups in total. The third-order valence-electron chi connectivity index (χ3n) is 2.93. The smallest absolute Gasteiger partial charge is 0.0794 e. The Morgan fingerprint density at radius 2 is 1.50 bits per heavy atom. The predicted molar refractivity (Wildman–Crippen MR) is 69.3 cm³/mol. The average Bonchev–Trinajstić information content (AvgIpc) is 2.15. The van der Waals surface area contributed by atoms with Crippen molar-refractivity contribution in [1.82, 2.24) is 4.90 Å². The summed E-state index contributed by atoms with van der Waals surface area (Å²) in [7, 11) is 3.17. The Morgan fingerprint density at radius 3 is 1.79 bits per heavy atom. The Bertz CT molecular complexity index is 158. The molecular formula is C12H27NSi. The molecule has 0 bridgehead atoms. The van der Waals surface area contributed by atoms with E-state index in [-0.39, 0.29) is 0 Å². The van der Waals surface area contributed by atoms with Crippen LogP contribution in [0.25, 0.3) is 0 Å². The molecule has 14 heavy (non-hydrogen) atoms. The Kier molecular flexibility index (Phi) is 6.98. The van der Waals surface area contributed by atoms with Gasteiger partial charge in [-0.1, -0.05) is 57.4 Å². The molecule has 0 aromatic heterocycles. The van der Waals surface area contributed by atoms with Gasteiger partial charge in [0.2, 0.25) is 0 Å². The summed E-state index contributed by atoms with van der Waals surface area (Å²) >= 11 is 0. The minimum atomic E-state index is -1.05. The van der Waals surface area contributed by atoms with E-state index in [1.807, 2.05) is 0 Å². The van der Waals surface area contributed by atoms with Crippen LogP contribution in [0.1, 0.15) is 33.6 Å². The van der Waals surface area contributed by atoms with Crippen LogP contribution < -0.4 is 0 Å². The highest BCUT2D eigenvalue weighted by molar-refractivity contribution is 6.84. The summed E-state index contributed by atoms with van der Waals surface area (Å²) in [6.45, 7) is 7.00. The van der Waals surface area contributed by atoms with Crippen LogP contribution in [0.15, 0.2) is 11.9 Å². The molecule has 0 aliphatic heterocycles. The summed E-state index contributed by atoms with van der Waals surface area (Å²) in [5, 5.41) is 0. The van der Waals surface area contributed by atoms with Gasteiger partial charge in [0.25, 0.3) is 0 Å². The molecule has 0 radical (unpaired) electrons. The Hall–Kier alpha value is -0.243. The first-order chi connectivity index (χ1) is 6.60. The van der Waals surface area contributed by atoms with E-state index >= 15 is 0 Å². The highest BCUT2D eigenvalue weighted by Crippen LogP contribution is 2.25. The maximum absolute atomic E-state index is 2.56. The van der Waals surface area contributed by atoms with Gasteiger partial charge in [-0.25, -0.2) is 0 Å². The van der Waals surface area contributed by atoms with Crippen LogP contribution in [-0.2, 0) is 0 Å². The van der Waals surface area contributed by atoms with Gasteiger partial charge in [0.15, 0.2) is 0 Å². The monoisotopic (exact) mass is 213 g/mol.